The summed E-state index contributed by atoms with van der Waals surface area (Å²) in [6.45, 7) is 4.67. The van der Waals surface area contributed by atoms with E-state index in [-0.39, 0.29) is 12.0 Å². The van der Waals surface area contributed by atoms with Crippen molar-refractivity contribution < 1.29 is 9.63 Å². The van der Waals surface area contributed by atoms with Crippen molar-refractivity contribution in [3.05, 3.63) is 11.7 Å². The Hall–Kier alpha value is -0.900. The van der Waals surface area contributed by atoms with Gasteiger partial charge in [-0.15, -0.1) is 0 Å². The molecule has 19 heavy (non-hydrogen) atoms. The van der Waals surface area contributed by atoms with Crippen LogP contribution in [0.25, 0.3) is 0 Å². The van der Waals surface area contributed by atoms with E-state index in [4.69, 9.17) is 4.52 Å². The molecule has 0 aromatic carbocycles. The first-order chi connectivity index (χ1) is 9.05. The van der Waals surface area contributed by atoms with Crippen LogP contribution in [-0.4, -0.2) is 21.4 Å². The summed E-state index contributed by atoms with van der Waals surface area (Å²) in [7, 11) is 0. The van der Waals surface area contributed by atoms with Crippen molar-refractivity contribution in [2.75, 3.05) is 0 Å². The molecule has 2 unspecified atom stereocenters. The highest BCUT2D eigenvalue weighted by atomic mass is 16.5. The summed E-state index contributed by atoms with van der Waals surface area (Å²) in [5.41, 5.74) is 0.463. The molecule has 2 atom stereocenters. The Morgan fingerprint density at radius 1 is 1.16 bits per heavy atom. The van der Waals surface area contributed by atoms with Gasteiger partial charge >= 0.3 is 0 Å². The normalized spacial score (nSPS) is 31.7. The van der Waals surface area contributed by atoms with Crippen LogP contribution in [0.3, 0.4) is 0 Å². The zero-order valence-corrected chi connectivity index (χ0v) is 11.9. The van der Waals surface area contributed by atoms with Gasteiger partial charge in [-0.1, -0.05) is 19.0 Å². The van der Waals surface area contributed by atoms with Gasteiger partial charge in [-0.25, -0.2) is 0 Å². The van der Waals surface area contributed by atoms with Gasteiger partial charge in [0.1, 0.15) is 0 Å². The zero-order valence-electron chi connectivity index (χ0n) is 11.9. The Kier molecular flexibility index (Phi) is 3.37. The summed E-state index contributed by atoms with van der Waals surface area (Å²) in [4.78, 5) is 4.58. The Balaban J connectivity index is 1.68. The van der Waals surface area contributed by atoms with Crippen LogP contribution in [0.4, 0.5) is 0 Å². The van der Waals surface area contributed by atoms with Gasteiger partial charge in [0, 0.05) is 5.92 Å². The lowest BCUT2D eigenvalue weighted by Gasteiger charge is -2.32. The van der Waals surface area contributed by atoms with Crippen LogP contribution in [0.1, 0.15) is 82.3 Å². The molecule has 0 spiro atoms. The van der Waals surface area contributed by atoms with Gasteiger partial charge in [0.05, 0.1) is 12.0 Å². The molecule has 0 amide bonds. The molecule has 0 saturated heterocycles. The first-order valence-electron chi connectivity index (χ1n) is 7.57. The van der Waals surface area contributed by atoms with Crippen LogP contribution in [0.5, 0.6) is 0 Å². The van der Waals surface area contributed by atoms with Crippen molar-refractivity contribution in [3.8, 4) is 0 Å². The fourth-order valence-corrected chi connectivity index (χ4v) is 3.45. The minimum Gasteiger partial charge on any atom is -0.392 e. The zero-order chi connectivity index (χ0) is 13.5. The van der Waals surface area contributed by atoms with E-state index in [1.807, 2.05) is 0 Å². The lowest BCUT2D eigenvalue weighted by Crippen LogP contribution is -2.20. The average molecular weight is 264 g/mol. The molecular weight excluding hydrogens is 240 g/mol. The number of aliphatic hydroxyl groups excluding tert-OH is 1. The lowest BCUT2D eigenvalue weighted by atomic mass is 9.73. The topological polar surface area (TPSA) is 59.2 Å². The van der Waals surface area contributed by atoms with Gasteiger partial charge in [-0.2, -0.15) is 4.98 Å². The largest absolute Gasteiger partial charge is 0.392 e. The van der Waals surface area contributed by atoms with Gasteiger partial charge < -0.3 is 9.63 Å². The maximum absolute atomic E-state index is 9.90. The Bertz CT molecular complexity index is 431. The van der Waals surface area contributed by atoms with Gasteiger partial charge in [-0.3, -0.25) is 0 Å². The standard InChI is InChI=1S/C15H24N2O2/c1-15(2)8-6-10(7-9-15)13-16-14(19-17-13)11-4-3-5-12(11)18/h10-12,18H,3-9H2,1-2H3. The van der Waals surface area contributed by atoms with Gasteiger partial charge in [0.2, 0.25) is 5.89 Å². The van der Waals surface area contributed by atoms with Crippen LogP contribution < -0.4 is 0 Å². The Labute approximate surface area is 114 Å². The molecule has 1 N–H and O–H groups in total. The quantitative estimate of drug-likeness (QED) is 0.889. The molecular formula is C15H24N2O2. The van der Waals surface area contributed by atoms with Gasteiger partial charge in [0.25, 0.3) is 0 Å². The molecule has 3 rings (SSSR count). The van der Waals surface area contributed by atoms with E-state index in [1.54, 1.807) is 0 Å². The predicted molar refractivity (Wildman–Crippen MR) is 71.9 cm³/mol. The number of aliphatic hydroxyl groups is 1. The third-order valence-electron chi connectivity index (χ3n) is 4.96. The third kappa shape index (κ3) is 2.69. The van der Waals surface area contributed by atoms with E-state index in [2.05, 4.69) is 24.0 Å². The molecule has 0 radical (unpaired) electrons. The van der Waals surface area contributed by atoms with Crippen molar-refractivity contribution in [1.29, 1.82) is 0 Å². The summed E-state index contributed by atoms with van der Waals surface area (Å²) in [5, 5.41) is 14.1. The molecule has 1 aromatic heterocycles. The van der Waals surface area contributed by atoms with Crippen molar-refractivity contribution in [3.63, 3.8) is 0 Å². The van der Waals surface area contributed by atoms with Crippen LogP contribution in [0, 0.1) is 5.41 Å². The van der Waals surface area contributed by atoms with E-state index < -0.39 is 0 Å². The Morgan fingerprint density at radius 3 is 2.53 bits per heavy atom. The highest BCUT2D eigenvalue weighted by Gasteiger charge is 2.34. The second-order valence-electron chi connectivity index (χ2n) is 7.03. The summed E-state index contributed by atoms with van der Waals surface area (Å²) < 4.78 is 5.40. The van der Waals surface area contributed by atoms with E-state index in [9.17, 15) is 5.11 Å². The van der Waals surface area contributed by atoms with Crippen LogP contribution in [0.15, 0.2) is 4.52 Å². The summed E-state index contributed by atoms with van der Waals surface area (Å²) in [5.74, 6) is 2.04. The summed E-state index contributed by atoms with van der Waals surface area (Å²) in [6.07, 6.45) is 7.36. The molecule has 2 aliphatic carbocycles. The smallest absolute Gasteiger partial charge is 0.232 e. The molecule has 4 nitrogen and oxygen atoms in total. The number of aromatic nitrogens is 2. The number of hydrogen-bond donors (Lipinski definition) is 1. The Morgan fingerprint density at radius 2 is 1.89 bits per heavy atom. The lowest BCUT2D eigenvalue weighted by molar-refractivity contribution is 0.148. The van der Waals surface area contributed by atoms with Crippen LogP contribution >= 0.6 is 0 Å². The summed E-state index contributed by atoms with van der Waals surface area (Å²) >= 11 is 0. The SMILES string of the molecule is CC1(C)CCC(c2noc(C3CCCC3O)n2)CC1. The van der Waals surface area contributed by atoms with Crippen molar-refractivity contribution in [1.82, 2.24) is 10.1 Å². The highest BCUT2D eigenvalue weighted by molar-refractivity contribution is 5.04. The van der Waals surface area contributed by atoms with E-state index in [0.29, 0.717) is 17.2 Å². The van der Waals surface area contributed by atoms with E-state index in [0.717, 1.165) is 37.9 Å². The third-order valence-corrected chi connectivity index (χ3v) is 4.96. The number of nitrogens with zero attached hydrogens (tertiary/aromatic N) is 2. The van der Waals surface area contributed by atoms with Crippen LogP contribution in [0.2, 0.25) is 0 Å². The monoisotopic (exact) mass is 264 g/mol. The molecule has 1 heterocycles. The van der Waals surface area contributed by atoms with E-state index >= 15 is 0 Å². The maximum Gasteiger partial charge on any atom is 0.232 e. The molecule has 2 fully saturated rings. The molecule has 1 aromatic rings. The molecule has 106 valence electrons. The second-order valence-corrected chi connectivity index (χ2v) is 7.03. The summed E-state index contributed by atoms with van der Waals surface area (Å²) in [6, 6.07) is 0. The number of rotatable bonds is 2. The van der Waals surface area contributed by atoms with Crippen molar-refractivity contribution in [2.24, 2.45) is 5.41 Å². The molecule has 0 aliphatic heterocycles. The molecule has 4 heteroatoms. The maximum atomic E-state index is 9.90. The first-order valence-corrected chi connectivity index (χ1v) is 7.57. The van der Waals surface area contributed by atoms with Crippen molar-refractivity contribution >= 4 is 0 Å². The van der Waals surface area contributed by atoms with Gasteiger partial charge in [0.15, 0.2) is 5.82 Å². The highest BCUT2D eigenvalue weighted by Crippen LogP contribution is 2.42. The van der Waals surface area contributed by atoms with Crippen molar-refractivity contribution in [2.45, 2.75) is 76.7 Å². The van der Waals surface area contributed by atoms with Crippen LogP contribution in [-0.2, 0) is 0 Å². The average Bonchev–Trinajstić information content (AvgIpc) is 2.97. The molecule has 2 aliphatic rings. The second kappa shape index (κ2) is 4.89. The minimum absolute atomic E-state index is 0.0706. The molecule has 0 bridgehead atoms. The van der Waals surface area contributed by atoms with Gasteiger partial charge in [-0.05, 0) is 50.4 Å². The predicted octanol–water partition coefficient (Wildman–Crippen LogP) is 3.38. The minimum atomic E-state index is -0.293. The first kappa shape index (κ1) is 13.1. The fourth-order valence-electron chi connectivity index (χ4n) is 3.45. The molecule has 2 saturated carbocycles. The fraction of sp³-hybridized carbons (Fsp3) is 0.867. The van der Waals surface area contributed by atoms with E-state index in [1.165, 1.54) is 12.8 Å². The number of hydrogen-bond acceptors (Lipinski definition) is 4.